The highest BCUT2D eigenvalue weighted by Crippen LogP contribution is 2.30. The Labute approximate surface area is 179 Å². The molecule has 2 heterocycles. The lowest BCUT2D eigenvalue weighted by Gasteiger charge is -2.28. The van der Waals surface area contributed by atoms with E-state index in [0.29, 0.717) is 17.6 Å². The number of hydrogen-bond donors (Lipinski definition) is 0. The molecule has 4 rings (SSSR count). The molecule has 0 fully saturated rings. The van der Waals surface area contributed by atoms with Crippen molar-refractivity contribution in [3.05, 3.63) is 69.1 Å². The van der Waals surface area contributed by atoms with E-state index in [1.165, 1.54) is 0 Å². The van der Waals surface area contributed by atoms with Crippen LogP contribution in [0.1, 0.15) is 21.7 Å². The SMILES string of the molecule is COc1ccc(-n2nc(CBr)c3c2C(=O)N(c2ccc(I)cc2)CC3)cc1. The zero-order chi connectivity index (χ0) is 19.0. The quantitative estimate of drug-likeness (QED) is 0.361. The maximum absolute atomic E-state index is 13.4. The molecule has 0 saturated carbocycles. The van der Waals surface area contributed by atoms with E-state index >= 15 is 0 Å². The summed E-state index contributed by atoms with van der Waals surface area (Å²) in [6.07, 6.45) is 0.782. The molecule has 0 spiro atoms. The molecule has 0 atom stereocenters. The number of anilines is 1. The number of aromatic nitrogens is 2. The van der Waals surface area contributed by atoms with Gasteiger partial charge in [-0.3, -0.25) is 4.79 Å². The van der Waals surface area contributed by atoms with Crippen molar-refractivity contribution in [2.75, 3.05) is 18.6 Å². The fraction of sp³-hybridized carbons (Fsp3) is 0.200. The fourth-order valence-corrected chi connectivity index (χ4v) is 4.13. The number of rotatable bonds is 4. The third-order valence-corrected chi connectivity index (χ3v) is 5.93. The van der Waals surface area contributed by atoms with Gasteiger partial charge in [0.2, 0.25) is 0 Å². The van der Waals surface area contributed by atoms with Gasteiger partial charge in [-0.05, 0) is 77.5 Å². The van der Waals surface area contributed by atoms with E-state index in [-0.39, 0.29) is 5.91 Å². The maximum Gasteiger partial charge on any atom is 0.277 e. The van der Waals surface area contributed by atoms with Crippen LogP contribution in [0.2, 0.25) is 0 Å². The molecule has 0 N–H and O–H groups in total. The highest BCUT2D eigenvalue weighted by Gasteiger charge is 2.32. The Morgan fingerprint density at radius 3 is 2.41 bits per heavy atom. The van der Waals surface area contributed by atoms with Gasteiger partial charge in [0.1, 0.15) is 11.4 Å². The lowest BCUT2D eigenvalue weighted by Crippen LogP contribution is -2.38. The van der Waals surface area contributed by atoms with Crippen LogP contribution >= 0.6 is 38.5 Å². The lowest BCUT2D eigenvalue weighted by molar-refractivity contribution is 0.0973. The van der Waals surface area contributed by atoms with Gasteiger partial charge in [0.05, 0.1) is 18.5 Å². The molecule has 0 unspecified atom stereocenters. The molecule has 0 saturated heterocycles. The number of nitrogens with zero attached hydrogens (tertiary/aromatic N) is 3. The smallest absolute Gasteiger partial charge is 0.277 e. The van der Waals surface area contributed by atoms with Gasteiger partial charge in [-0.25, -0.2) is 4.68 Å². The van der Waals surface area contributed by atoms with Crippen LogP contribution in [-0.4, -0.2) is 29.3 Å². The predicted octanol–water partition coefficient (Wildman–Crippen LogP) is 4.58. The largest absolute Gasteiger partial charge is 0.497 e. The number of benzene rings is 2. The molecule has 0 bridgehead atoms. The number of methoxy groups -OCH3 is 1. The van der Waals surface area contributed by atoms with Gasteiger partial charge >= 0.3 is 0 Å². The molecule has 1 amide bonds. The Balaban J connectivity index is 1.79. The topological polar surface area (TPSA) is 47.4 Å². The molecule has 3 aromatic rings. The van der Waals surface area contributed by atoms with Gasteiger partial charge in [-0.2, -0.15) is 5.10 Å². The zero-order valence-corrected chi connectivity index (χ0v) is 18.4. The van der Waals surface area contributed by atoms with Gasteiger partial charge in [-0.1, -0.05) is 15.9 Å². The minimum absolute atomic E-state index is 0.0204. The fourth-order valence-electron chi connectivity index (χ4n) is 3.32. The summed E-state index contributed by atoms with van der Waals surface area (Å²) < 4.78 is 8.14. The van der Waals surface area contributed by atoms with E-state index in [1.807, 2.05) is 53.4 Å². The lowest BCUT2D eigenvalue weighted by atomic mass is 10.0. The number of hydrogen-bond acceptors (Lipinski definition) is 3. The Hall–Kier alpha value is -1.87. The highest BCUT2D eigenvalue weighted by molar-refractivity contribution is 14.1. The summed E-state index contributed by atoms with van der Waals surface area (Å²) in [6, 6.07) is 15.6. The molecule has 2 aromatic carbocycles. The molecule has 7 heteroatoms. The second kappa shape index (κ2) is 7.63. The Morgan fingerprint density at radius 1 is 1.11 bits per heavy atom. The van der Waals surface area contributed by atoms with Crippen molar-refractivity contribution >= 4 is 50.1 Å². The summed E-state index contributed by atoms with van der Waals surface area (Å²) in [4.78, 5) is 15.2. The molecule has 1 aliphatic rings. The van der Waals surface area contributed by atoms with Crippen LogP contribution < -0.4 is 9.64 Å². The van der Waals surface area contributed by atoms with Crippen LogP contribution in [0.3, 0.4) is 0 Å². The normalized spacial score (nSPS) is 13.6. The zero-order valence-electron chi connectivity index (χ0n) is 14.7. The van der Waals surface area contributed by atoms with E-state index < -0.39 is 0 Å². The Kier molecular flexibility index (Phi) is 5.23. The first-order chi connectivity index (χ1) is 13.1. The summed E-state index contributed by atoms with van der Waals surface area (Å²) in [6.45, 7) is 0.654. The monoisotopic (exact) mass is 537 g/mol. The van der Waals surface area contributed by atoms with Crippen LogP contribution in [0, 0.1) is 3.57 Å². The van der Waals surface area contributed by atoms with Crippen molar-refractivity contribution in [3.63, 3.8) is 0 Å². The molecule has 0 radical (unpaired) electrons. The maximum atomic E-state index is 13.4. The average Bonchev–Trinajstić information content (AvgIpc) is 3.09. The molecule has 1 aliphatic heterocycles. The van der Waals surface area contributed by atoms with Crippen molar-refractivity contribution < 1.29 is 9.53 Å². The first kappa shape index (κ1) is 18.5. The Morgan fingerprint density at radius 2 is 1.78 bits per heavy atom. The average molecular weight is 538 g/mol. The van der Waals surface area contributed by atoms with E-state index in [2.05, 4.69) is 38.5 Å². The number of carbonyl (C=O) groups excluding carboxylic acids is 1. The van der Waals surface area contributed by atoms with E-state index in [4.69, 9.17) is 9.84 Å². The van der Waals surface area contributed by atoms with Crippen LogP contribution in [0.5, 0.6) is 5.75 Å². The van der Waals surface area contributed by atoms with E-state index in [0.717, 1.165) is 38.4 Å². The second-order valence-electron chi connectivity index (χ2n) is 6.20. The molecule has 27 heavy (non-hydrogen) atoms. The van der Waals surface area contributed by atoms with Crippen LogP contribution in [-0.2, 0) is 11.8 Å². The molecule has 0 aliphatic carbocycles. The number of amides is 1. The highest BCUT2D eigenvalue weighted by atomic mass is 127. The standard InChI is InChI=1S/C20H17BrIN3O2/c1-27-16-8-6-15(7-9-16)25-19-17(18(12-21)23-25)10-11-24(20(19)26)14-4-2-13(22)3-5-14/h2-9H,10-12H2,1H3. The summed E-state index contributed by atoms with van der Waals surface area (Å²) in [5, 5.41) is 5.33. The molecule has 138 valence electrons. The minimum atomic E-state index is -0.0204. The molecule has 5 nitrogen and oxygen atoms in total. The van der Waals surface area contributed by atoms with Crippen molar-refractivity contribution in [1.29, 1.82) is 0 Å². The van der Waals surface area contributed by atoms with Crippen LogP contribution in [0.4, 0.5) is 5.69 Å². The summed E-state index contributed by atoms with van der Waals surface area (Å²) in [5.74, 6) is 0.750. The first-order valence-electron chi connectivity index (χ1n) is 8.51. The predicted molar refractivity (Wildman–Crippen MR) is 117 cm³/mol. The number of alkyl halides is 1. The summed E-state index contributed by atoms with van der Waals surface area (Å²) in [5.41, 5.74) is 4.33. The van der Waals surface area contributed by atoms with Crippen LogP contribution in [0.15, 0.2) is 48.5 Å². The number of fused-ring (bicyclic) bond motifs is 1. The van der Waals surface area contributed by atoms with Gasteiger partial charge < -0.3 is 9.64 Å². The number of carbonyl (C=O) groups is 1. The second-order valence-corrected chi connectivity index (χ2v) is 8.01. The van der Waals surface area contributed by atoms with Crippen molar-refractivity contribution in [1.82, 2.24) is 9.78 Å². The molecular weight excluding hydrogens is 521 g/mol. The summed E-state index contributed by atoms with van der Waals surface area (Å²) >= 11 is 5.78. The number of halogens is 2. The van der Waals surface area contributed by atoms with Gasteiger partial charge in [0.25, 0.3) is 5.91 Å². The van der Waals surface area contributed by atoms with Crippen molar-refractivity contribution in [2.24, 2.45) is 0 Å². The Bertz CT molecular complexity index is 984. The van der Waals surface area contributed by atoms with Crippen LogP contribution in [0.25, 0.3) is 5.69 Å². The third-order valence-electron chi connectivity index (χ3n) is 4.68. The summed E-state index contributed by atoms with van der Waals surface area (Å²) in [7, 11) is 1.64. The van der Waals surface area contributed by atoms with Gasteiger partial charge in [-0.15, -0.1) is 0 Å². The number of ether oxygens (including phenoxy) is 1. The van der Waals surface area contributed by atoms with Crippen molar-refractivity contribution in [3.8, 4) is 11.4 Å². The molecular formula is C20H17BrIN3O2. The van der Waals surface area contributed by atoms with Gasteiger partial charge in [0, 0.05) is 26.7 Å². The molecule has 1 aromatic heterocycles. The van der Waals surface area contributed by atoms with E-state index in [1.54, 1.807) is 11.8 Å². The minimum Gasteiger partial charge on any atom is -0.497 e. The van der Waals surface area contributed by atoms with Crippen molar-refractivity contribution in [2.45, 2.75) is 11.8 Å². The van der Waals surface area contributed by atoms with E-state index in [9.17, 15) is 4.79 Å². The third kappa shape index (κ3) is 3.38. The first-order valence-corrected chi connectivity index (χ1v) is 10.7. The van der Waals surface area contributed by atoms with Gasteiger partial charge in [0.15, 0.2) is 0 Å².